The molecule has 2 rings (SSSR count). The summed E-state index contributed by atoms with van der Waals surface area (Å²) in [6.07, 6.45) is 6.10. The van der Waals surface area contributed by atoms with Crippen molar-refractivity contribution in [2.45, 2.75) is 50.7 Å². The normalized spacial score (nSPS) is 19.8. The number of hydrogen-bond donors (Lipinski definition) is 1. The highest BCUT2D eigenvalue weighted by Gasteiger charge is 2.29. The summed E-state index contributed by atoms with van der Waals surface area (Å²) in [6, 6.07) is 3.20. The molecule has 1 saturated carbocycles. The Labute approximate surface area is 119 Å². The highest BCUT2D eigenvalue weighted by Crippen LogP contribution is 2.29. The lowest BCUT2D eigenvalue weighted by Gasteiger charge is -2.33. The Balaban J connectivity index is 2.04. The van der Waals surface area contributed by atoms with Crippen LogP contribution in [0.25, 0.3) is 0 Å². The summed E-state index contributed by atoms with van der Waals surface area (Å²) in [5, 5.41) is 0. The van der Waals surface area contributed by atoms with Crippen LogP contribution in [0, 0.1) is 17.6 Å². The highest BCUT2D eigenvalue weighted by atomic mass is 19.1. The first-order chi connectivity index (χ1) is 9.61. The Morgan fingerprint density at radius 3 is 2.60 bits per heavy atom. The molecule has 2 N–H and O–H groups in total. The zero-order valence-corrected chi connectivity index (χ0v) is 11.9. The van der Waals surface area contributed by atoms with Crippen LogP contribution < -0.4 is 5.73 Å². The second-order valence-electron chi connectivity index (χ2n) is 5.70. The molecule has 1 aliphatic rings. The predicted octanol–water partition coefficient (Wildman–Crippen LogP) is 3.43. The molecule has 0 bridgehead atoms. The van der Waals surface area contributed by atoms with Crippen molar-refractivity contribution < 1.29 is 13.5 Å². The molecule has 2 unspecified atom stereocenters. The van der Waals surface area contributed by atoms with E-state index in [2.05, 4.69) is 0 Å². The van der Waals surface area contributed by atoms with Crippen LogP contribution in [-0.4, -0.2) is 19.3 Å². The smallest absolute Gasteiger partial charge is 0.126 e. The summed E-state index contributed by atoms with van der Waals surface area (Å²) < 4.78 is 32.4. The van der Waals surface area contributed by atoms with Crippen molar-refractivity contribution in [3.8, 4) is 0 Å². The molecule has 1 aliphatic carbocycles. The summed E-state index contributed by atoms with van der Waals surface area (Å²) in [7, 11) is 1.65. The molecule has 0 radical (unpaired) electrons. The average Bonchev–Trinajstić information content (AvgIpc) is 2.45. The van der Waals surface area contributed by atoms with Crippen LogP contribution in [0.1, 0.15) is 37.7 Å². The van der Waals surface area contributed by atoms with E-state index in [-0.39, 0.29) is 12.1 Å². The molecule has 0 aliphatic heterocycles. The van der Waals surface area contributed by atoms with E-state index in [1.165, 1.54) is 25.3 Å². The Hall–Kier alpha value is -1.00. The third-order valence-electron chi connectivity index (χ3n) is 4.27. The largest absolute Gasteiger partial charge is 0.380 e. The first-order valence-electron chi connectivity index (χ1n) is 7.34. The lowest BCUT2D eigenvalue weighted by atomic mass is 9.81. The van der Waals surface area contributed by atoms with Crippen LogP contribution in [0.15, 0.2) is 18.2 Å². The van der Waals surface area contributed by atoms with Gasteiger partial charge in [0, 0.05) is 13.2 Å². The first-order valence-corrected chi connectivity index (χ1v) is 7.34. The third-order valence-corrected chi connectivity index (χ3v) is 4.27. The highest BCUT2D eigenvalue weighted by molar-refractivity contribution is 5.20. The van der Waals surface area contributed by atoms with E-state index in [4.69, 9.17) is 10.5 Å². The van der Waals surface area contributed by atoms with Crippen LogP contribution in [-0.2, 0) is 11.2 Å². The van der Waals surface area contributed by atoms with Gasteiger partial charge in [0.05, 0.1) is 6.10 Å². The Morgan fingerprint density at radius 2 is 1.95 bits per heavy atom. The molecule has 0 spiro atoms. The topological polar surface area (TPSA) is 35.2 Å². The van der Waals surface area contributed by atoms with Gasteiger partial charge in [-0.3, -0.25) is 0 Å². The molecule has 0 aromatic heterocycles. The van der Waals surface area contributed by atoms with Crippen molar-refractivity contribution in [3.05, 3.63) is 35.4 Å². The molecule has 1 aromatic rings. The number of nitrogens with two attached hydrogens (primary N) is 1. The van der Waals surface area contributed by atoms with E-state index in [1.807, 2.05) is 0 Å². The van der Waals surface area contributed by atoms with E-state index in [1.54, 1.807) is 7.11 Å². The number of halogens is 2. The summed E-state index contributed by atoms with van der Waals surface area (Å²) in [4.78, 5) is 0. The Bertz CT molecular complexity index is 432. The number of ether oxygens (including phenoxy) is 1. The SMILES string of the molecule is COC(C(N)Cc1cc(F)ccc1F)C1CCCCC1. The number of methoxy groups -OCH3 is 1. The molecule has 2 nitrogen and oxygen atoms in total. The van der Waals surface area contributed by atoms with Crippen molar-refractivity contribution in [1.82, 2.24) is 0 Å². The molecule has 0 saturated heterocycles. The minimum atomic E-state index is -0.430. The minimum Gasteiger partial charge on any atom is -0.380 e. The molecule has 1 fully saturated rings. The molecule has 2 atom stereocenters. The van der Waals surface area contributed by atoms with Crippen molar-refractivity contribution >= 4 is 0 Å². The van der Waals surface area contributed by atoms with E-state index < -0.39 is 11.6 Å². The fraction of sp³-hybridized carbons (Fsp3) is 0.625. The molecule has 1 aromatic carbocycles. The number of benzene rings is 1. The van der Waals surface area contributed by atoms with Crippen molar-refractivity contribution in [2.24, 2.45) is 11.7 Å². The van der Waals surface area contributed by atoms with Crippen LogP contribution in [0.5, 0.6) is 0 Å². The minimum absolute atomic E-state index is 0.0852. The molecule has 112 valence electrons. The second-order valence-corrected chi connectivity index (χ2v) is 5.70. The van der Waals surface area contributed by atoms with Crippen LogP contribution in [0.4, 0.5) is 8.78 Å². The van der Waals surface area contributed by atoms with E-state index in [0.717, 1.165) is 25.0 Å². The van der Waals surface area contributed by atoms with Crippen LogP contribution in [0.2, 0.25) is 0 Å². The van der Waals surface area contributed by atoms with E-state index in [9.17, 15) is 8.78 Å². The zero-order chi connectivity index (χ0) is 14.5. The van der Waals surface area contributed by atoms with Crippen LogP contribution in [0.3, 0.4) is 0 Å². The monoisotopic (exact) mass is 283 g/mol. The maximum absolute atomic E-state index is 13.7. The van der Waals surface area contributed by atoms with Gasteiger partial charge in [-0.05, 0) is 48.9 Å². The summed E-state index contributed by atoms with van der Waals surface area (Å²) in [5.41, 5.74) is 6.53. The molecule has 0 heterocycles. The van der Waals surface area contributed by atoms with Gasteiger partial charge in [0.2, 0.25) is 0 Å². The summed E-state index contributed by atoms with van der Waals surface area (Å²) in [6.45, 7) is 0. The van der Waals surface area contributed by atoms with Crippen molar-refractivity contribution in [2.75, 3.05) is 7.11 Å². The van der Waals surface area contributed by atoms with Gasteiger partial charge in [-0.15, -0.1) is 0 Å². The lowest BCUT2D eigenvalue weighted by Crippen LogP contribution is -2.43. The van der Waals surface area contributed by atoms with Crippen molar-refractivity contribution in [1.29, 1.82) is 0 Å². The van der Waals surface area contributed by atoms with E-state index in [0.29, 0.717) is 17.9 Å². The fourth-order valence-electron chi connectivity index (χ4n) is 3.25. The molecule has 4 heteroatoms. The van der Waals surface area contributed by atoms with Gasteiger partial charge in [0.25, 0.3) is 0 Å². The molecule has 20 heavy (non-hydrogen) atoms. The molecular weight excluding hydrogens is 260 g/mol. The van der Waals surface area contributed by atoms with Gasteiger partial charge < -0.3 is 10.5 Å². The van der Waals surface area contributed by atoms with Gasteiger partial charge in [0.15, 0.2) is 0 Å². The van der Waals surface area contributed by atoms with Gasteiger partial charge in [0.1, 0.15) is 11.6 Å². The van der Waals surface area contributed by atoms with Gasteiger partial charge in [-0.1, -0.05) is 19.3 Å². The quantitative estimate of drug-likeness (QED) is 0.898. The average molecular weight is 283 g/mol. The summed E-state index contributed by atoms with van der Waals surface area (Å²) in [5.74, 6) is -0.402. The number of rotatable bonds is 5. The van der Waals surface area contributed by atoms with E-state index >= 15 is 0 Å². The maximum Gasteiger partial charge on any atom is 0.126 e. The van der Waals surface area contributed by atoms with Crippen molar-refractivity contribution in [3.63, 3.8) is 0 Å². The lowest BCUT2D eigenvalue weighted by molar-refractivity contribution is 0.0177. The Morgan fingerprint density at radius 1 is 1.25 bits per heavy atom. The maximum atomic E-state index is 13.7. The number of hydrogen-bond acceptors (Lipinski definition) is 2. The predicted molar refractivity (Wildman–Crippen MR) is 75.4 cm³/mol. The van der Waals surface area contributed by atoms with Gasteiger partial charge >= 0.3 is 0 Å². The standard InChI is InChI=1S/C16H23F2NO/c1-20-16(11-5-3-2-4-6-11)15(19)10-12-9-13(17)7-8-14(12)18/h7-9,11,15-16H,2-6,10,19H2,1H3. The summed E-state index contributed by atoms with van der Waals surface area (Å²) >= 11 is 0. The zero-order valence-electron chi connectivity index (χ0n) is 11.9. The first kappa shape index (κ1) is 15.4. The Kier molecular flexibility index (Phi) is 5.49. The molecule has 0 amide bonds. The van der Waals surface area contributed by atoms with Gasteiger partial charge in [-0.2, -0.15) is 0 Å². The fourth-order valence-corrected chi connectivity index (χ4v) is 3.25. The molecular formula is C16H23F2NO. The third kappa shape index (κ3) is 3.76. The van der Waals surface area contributed by atoms with Gasteiger partial charge in [-0.25, -0.2) is 8.78 Å². The second kappa shape index (κ2) is 7.14. The van der Waals surface area contributed by atoms with Crippen LogP contribution >= 0.6 is 0 Å².